The van der Waals surface area contributed by atoms with Gasteiger partial charge in [-0.1, -0.05) is 57.6 Å². The van der Waals surface area contributed by atoms with Crippen LogP contribution in [0.2, 0.25) is 0 Å². The lowest BCUT2D eigenvalue weighted by molar-refractivity contribution is -0.137. The third kappa shape index (κ3) is 10.3. The summed E-state index contributed by atoms with van der Waals surface area (Å²) in [5, 5.41) is 0. The van der Waals surface area contributed by atoms with Crippen molar-refractivity contribution in [2.45, 2.75) is 83.7 Å². The first kappa shape index (κ1) is 28.3. The highest BCUT2D eigenvalue weighted by atomic mass is 16.5. The van der Waals surface area contributed by atoms with Gasteiger partial charge in [0.15, 0.2) is 0 Å². The lowest BCUT2D eigenvalue weighted by atomic mass is 9.84. The first-order valence-electron chi connectivity index (χ1n) is 13.7. The number of hydrogen-bond donors (Lipinski definition) is 2. The van der Waals surface area contributed by atoms with Gasteiger partial charge in [-0.25, -0.2) is 9.59 Å². The molecule has 0 aliphatic heterocycles. The molecule has 200 valence electrons. The molecule has 0 aromatic heterocycles. The molecule has 2 aromatic rings. The second kappa shape index (κ2) is 15.1. The van der Waals surface area contributed by atoms with Crippen molar-refractivity contribution in [2.75, 3.05) is 18.1 Å². The van der Waals surface area contributed by atoms with Gasteiger partial charge in [0.1, 0.15) is 6.10 Å². The Hall–Kier alpha value is -3.28. The number of carbonyl (C=O) groups is 2. The predicted molar refractivity (Wildman–Crippen MR) is 150 cm³/mol. The summed E-state index contributed by atoms with van der Waals surface area (Å²) in [5.41, 5.74) is 15.0. The Morgan fingerprint density at radius 2 is 1.59 bits per heavy atom. The van der Waals surface area contributed by atoms with E-state index in [1.807, 2.05) is 12.1 Å². The predicted octanol–water partition coefficient (Wildman–Crippen LogP) is 6.73. The normalized spacial score (nSPS) is 17.5. The molecule has 0 bridgehead atoms. The zero-order valence-corrected chi connectivity index (χ0v) is 22.1. The average Bonchev–Trinajstić information content (AvgIpc) is 2.88. The van der Waals surface area contributed by atoms with E-state index in [0.29, 0.717) is 23.4 Å². The van der Waals surface area contributed by atoms with E-state index >= 15 is 0 Å². The second-order valence-corrected chi connectivity index (χ2v) is 10.1. The zero-order chi connectivity index (χ0) is 26.5. The van der Waals surface area contributed by atoms with Gasteiger partial charge in [0.05, 0.1) is 12.2 Å². The summed E-state index contributed by atoms with van der Waals surface area (Å²) in [7, 11) is 0. The van der Waals surface area contributed by atoms with Crippen molar-refractivity contribution in [3.63, 3.8) is 0 Å². The Bertz CT molecular complexity index is 1000. The van der Waals surface area contributed by atoms with E-state index < -0.39 is 5.97 Å². The van der Waals surface area contributed by atoms with Gasteiger partial charge < -0.3 is 20.9 Å². The molecule has 4 N–H and O–H groups in total. The number of nitrogens with two attached hydrogens (primary N) is 2. The van der Waals surface area contributed by atoms with Crippen molar-refractivity contribution in [3.05, 3.63) is 65.2 Å². The van der Waals surface area contributed by atoms with E-state index in [4.69, 9.17) is 20.9 Å². The minimum atomic E-state index is -0.433. The molecule has 0 saturated heterocycles. The Morgan fingerprint density at radius 1 is 0.919 bits per heavy atom. The van der Waals surface area contributed by atoms with E-state index in [1.54, 1.807) is 36.4 Å². The lowest BCUT2D eigenvalue weighted by Gasteiger charge is -2.28. The van der Waals surface area contributed by atoms with Crippen LogP contribution in [0.3, 0.4) is 0 Å². The Morgan fingerprint density at radius 3 is 2.27 bits per heavy atom. The highest BCUT2D eigenvalue weighted by Crippen LogP contribution is 2.30. The number of carbonyl (C=O) groups excluding carboxylic acids is 2. The Balaban J connectivity index is 1.35. The van der Waals surface area contributed by atoms with Gasteiger partial charge in [-0.15, -0.1) is 0 Å². The summed E-state index contributed by atoms with van der Waals surface area (Å²) < 4.78 is 11.0. The molecule has 1 fully saturated rings. The largest absolute Gasteiger partial charge is 0.462 e. The maximum atomic E-state index is 12.6. The summed E-state index contributed by atoms with van der Waals surface area (Å²) in [6.45, 7) is 2.48. The summed E-state index contributed by atoms with van der Waals surface area (Å²) >= 11 is 0. The van der Waals surface area contributed by atoms with Gasteiger partial charge >= 0.3 is 11.9 Å². The smallest absolute Gasteiger partial charge is 0.338 e. The van der Waals surface area contributed by atoms with Gasteiger partial charge in [0, 0.05) is 23.9 Å². The number of hydrogen-bond acceptors (Lipinski definition) is 6. The van der Waals surface area contributed by atoms with E-state index in [2.05, 4.69) is 6.92 Å². The van der Waals surface area contributed by atoms with Gasteiger partial charge in [-0.05, 0) is 79.1 Å². The molecule has 0 amide bonds. The molecule has 1 aliphatic carbocycles. The minimum absolute atomic E-state index is 0.0157. The maximum Gasteiger partial charge on any atom is 0.338 e. The fourth-order valence-corrected chi connectivity index (χ4v) is 4.90. The van der Waals surface area contributed by atoms with Crippen molar-refractivity contribution in [3.8, 4) is 0 Å². The molecule has 1 aliphatic rings. The molecular weight excluding hydrogens is 464 g/mol. The zero-order valence-electron chi connectivity index (χ0n) is 22.1. The van der Waals surface area contributed by atoms with Gasteiger partial charge in [-0.2, -0.15) is 0 Å². The van der Waals surface area contributed by atoms with Crippen LogP contribution in [0.1, 0.15) is 92.6 Å². The fourth-order valence-electron chi connectivity index (χ4n) is 4.90. The van der Waals surface area contributed by atoms with Crippen LogP contribution in [0.4, 0.5) is 11.4 Å². The summed E-state index contributed by atoms with van der Waals surface area (Å²) in [6.07, 6.45) is 15.8. The van der Waals surface area contributed by atoms with E-state index in [0.717, 1.165) is 42.7 Å². The van der Waals surface area contributed by atoms with Gasteiger partial charge in [0.2, 0.25) is 0 Å². The first-order chi connectivity index (χ1) is 17.9. The van der Waals surface area contributed by atoms with E-state index in [1.165, 1.54) is 44.6 Å². The van der Waals surface area contributed by atoms with Crippen molar-refractivity contribution in [1.29, 1.82) is 0 Å². The van der Waals surface area contributed by atoms with Gasteiger partial charge in [0.25, 0.3) is 0 Å². The number of benzene rings is 2. The average molecular weight is 507 g/mol. The monoisotopic (exact) mass is 506 g/mol. The Kier molecular flexibility index (Phi) is 11.5. The maximum absolute atomic E-state index is 12.6. The molecule has 0 spiro atoms. The van der Waals surface area contributed by atoms with E-state index in [-0.39, 0.29) is 18.7 Å². The highest BCUT2D eigenvalue weighted by Gasteiger charge is 2.24. The third-order valence-corrected chi connectivity index (χ3v) is 7.01. The van der Waals surface area contributed by atoms with Crippen LogP contribution in [0.15, 0.2) is 48.5 Å². The van der Waals surface area contributed by atoms with Crippen LogP contribution >= 0.6 is 0 Å². The quantitative estimate of drug-likeness (QED) is 0.135. The minimum Gasteiger partial charge on any atom is -0.462 e. The van der Waals surface area contributed by atoms with Crippen molar-refractivity contribution >= 4 is 29.4 Å². The van der Waals surface area contributed by atoms with Crippen molar-refractivity contribution in [1.82, 2.24) is 0 Å². The SMILES string of the molecule is CCCCCCCC1CCC(OC(=O)c2ccc(/C=C/C(=O)OCCc3cc(N)cc(N)c3)cc2)CC1. The molecule has 0 unspecified atom stereocenters. The number of anilines is 2. The van der Waals surface area contributed by atoms with Crippen LogP contribution in [-0.4, -0.2) is 24.6 Å². The molecule has 2 aromatic carbocycles. The molecule has 0 radical (unpaired) electrons. The molecule has 0 heterocycles. The standard InChI is InChI=1S/C31H42N2O4/c1-2-3-4-5-6-7-23-10-15-29(16-11-23)37-31(35)26-13-8-24(9-14-26)12-17-30(34)36-19-18-25-20-27(32)22-28(33)21-25/h8-9,12-14,17,20-23,29H,2-7,10-11,15-16,18-19,32-33H2,1H3/b17-12+. The van der Waals surface area contributed by atoms with Crippen molar-refractivity contribution in [2.24, 2.45) is 5.92 Å². The topological polar surface area (TPSA) is 105 Å². The number of ether oxygens (including phenoxy) is 2. The molecule has 37 heavy (non-hydrogen) atoms. The molecule has 6 heteroatoms. The number of rotatable bonds is 13. The summed E-state index contributed by atoms with van der Waals surface area (Å²) in [5.74, 6) is 0.0716. The first-order valence-corrected chi connectivity index (χ1v) is 13.7. The fraction of sp³-hybridized carbons (Fsp3) is 0.484. The number of unbranched alkanes of at least 4 members (excludes halogenated alkanes) is 4. The van der Waals surface area contributed by atoms with Crippen LogP contribution in [0.25, 0.3) is 6.08 Å². The van der Waals surface area contributed by atoms with Crippen molar-refractivity contribution < 1.29 is 19.1 Å². The molecule has 0 atom stereocenters. The van der Waals surface area contributed by atoms with Crippen LogP contribution in [0, 0.1) is 5.92 Å². The van der Waals surface area contributed by atoms with Crippen LogP contribution < -0.4 is 11.5 Å². The van der Waals surface area contributed by atoms with Gasteiger partial charge in [-0.3, -0.25) is 0 Å². The number of esters is 2. The third-order valence-electron chi connectivity index (χ3n) is 7.01. The Labute approximate surface area is 221 Å². The summed E-state index contributed by atoms with van der Waals surface area (Å²) in [6, 6.07) is 12.4. The number of nitrogen functional groups attached to an aromatic ring is 2. The molecular formula is C31H42N2O4. The summed E-state index contributed by atoms with van der Waals surface area (Å²) in [4.78, 5) is 24.6. The second-order valence-electron chi connectivity index (χ2n) is 10.1. The van der Waals surface area contributed by atoms with E-state index in [9.17, 15) is 9.59 Å². The molecule has 6 nitrogen and oxygen atoms in total. The van der Waals surface area contributed by atoms with Crippen LogP contribution in [-0.2, 0) is 20.7 Å². The highest BCUT2D eigenvalue weighted by molar-refractivity contribution is 5.90. The molecule has 1 saturated carbocycles. The van der Waals surface area contributed by atoms with Crippen LogP contribution in [0.5, 0.6) is 0 Å². The molecule has 3 rings (SSSR count). The lowest BCUT2D eigenvalue weighted by Crippen LogP contribution is -2.24.